The van der Waals surface area contributed by atoms with Crippen molar-refractivity contribution in [2.24, 2.45) is 0 Å². The van der Waals surface area contributed by atoms with Gasteiger partial charge in [0.05, 0.1) is 24.3 Å². The average molecular weight is 556 g/mol. The highest BCUT2D eigenvalue weighted by Crippen LogP contribution is 2.35. The number of benzene rings is 2. The zero-order valence-corrected chi connectivity index (χ0v) is 24.0. The first-order valence-electron chi connectivity index (χ1n) is 14.1. The summed E-state index contributed by atoms with van der Waals surface area (Å²) >= 11 is 0. The molecule has 4 N–H and O–H groups in total. The molecule has 3 amide bonds. The minimum atomic E-state index is -0.259. The summed E-state index contributed by atoms with van der Waals surface area (Å²) in [6.07, 6.45) is 4.19. The monoisotopic (exact) mass is 555 g/mol. The van der Waals surface area contributed by atoms with Gasteiger partial charge in [-0.2, -0.15) is 0 Å². The number of methoxy groups -OCH3 is 1. The van der Waals surface area contributed by atoms with Gasteiger partial charge in [0.1, 0.15) is 5.75 Å². The molecule has 0 aliphatic carbocycles. The van der Waals surface area contributed by atoms with E-state index in [1.165, 1.54) is 12.8 Å². The number of nitrogens with one attached hydrogen (secondary N) is 4. The third-order valence-electron chi connectivity index (χ3n) is 7.91. The first-order chi connectivity index (χ1) is 19.7. The summed E-state index contributed by atoms with van der Waals surface area (Å²) in [6, 6.07) is 12.5. The topological polar surface area (TPSA) is 116 Å². The molecule has 0 spiro atoms. The van der Waals surface area contributed by atoms with Gasteiger partial charge < -0.3 is 30.6 Å². The lowest BCUT2D eigenvalue weighted by Crippen LogP contribution is -2.33. The minimum absolute atomic E-state index is 0.125. The number of rotatable bonds is 9. The number of aromatic amines is 1. The molecule has 0 radical (unpaired) electrons. The van der Waals surface area contributed by atoms with E-state index in [9.17, 15) is 14.4 Å². The fraction of sp³-hybridized carbons (Fsp3) is 0.344. The van der Waals surface area contributed by atoms with Gasteiger partial charge in [-0.1, -0.05) is 12.1 Å². The summed E-state index contributed by atoms with van der Waals surface area (Å²) in [6.45, 7) is 9.26. The Balaban J connectivity index is 1.33. The quantitative estimate of drug-likeness (QED) is 0.291. The highest BCUT2D eigenvalue weighted by atomic mass is 16.5. The maximum atomic E-state index is 13.2. The van der Waals surface area contributed by atoms with Gasteiger partial charge in [-0.15, -0.1) is 0 Å². The van der Waals surface area contributed by atoms with E-state index >= 15 is 0 Å². The predicted octanol–water partition coefficient (Wildman–Crippen LogP) is 4.45. The lowest BCUT2D eigenvalue weighted by molar-refractivity contribution is -0.110. The molecule has 9 nitrogen and oxygen atoms in total. The Morgan fingerprint density at radius 1 is 1.10 bits per heavy atom. The van der Waals surface area contributed by atoms with Gasteiger partial charge in [-0.25, -0.2) is 0 Å². The molecule has 0 bridgehead atoms. The summed E-state index contributed by atoms with van der Waals surface area (Å²) in [4.78, 5) is 44.8. The molecular formula is C32H37N5O4. The maximum absolute atomic E-state index is 13.2. The smallest absolute Gasteiger partial charge is 0.256 e. The third kappa shape index (κ3) is 6.05. The maximum Gasteiger partial charge on any atom is 0.256 e. The van der Waals surface area contributed by atoms with E-state index in [1.807, 2.05) is 45.0 Å². The van der Waals surface area contributed by atoms with Crippen LogP contribution in [0.5, 0.6) is 5.75 Å². The Labute approximate surface area is 240 Å². The number of hydrogen-bond acceptors (Lipinski definition) is 5. The Morgan fingerprint density at radius 3 is 2.63 bits per heavy atom. The summed E-state index contributed by atoms with van der Waals surface area (Å²) in [5.74, 6) is 0.0886. The van der Waals surface area contributed by atoms with Crippen molar-refractivity contribution in [3.63, 3.8) is 0 Å². The van der Waals surface area contributed by atoms with E-state index in [0.717, 1.165) is 42.2 Å². The summed E-state index contributed by atoms with van der Waals surface area (Å²) in [7, 11) is 1.61. The molecule has 214 valence electrons. The number of aryl methyl sites for hydroxylation is 1. The van der Waals surface area contributed by atoms with Crippen molar-refractivity contribution >= 4 is 35.1 Å². The van der Waals surface area contributed by atoms with Crippen molar-refractivity contribution < 1.29 is 19.1 Å². The fourth-order valence-corrected chi connectivity index (χ4v) is 5.57. The van der Waals surface area contributed by atoms with Crippen LogP contribution in [0.4, 0.5) is 5.69 Å². The van der Waals surface area contributed by atoms with Gasteiger partial charge in [0, 0.05) is 41.3 Å². The lowest BCUT2D eigenvalue weighted by Gasteiger charge is -2.15. The van der Waals surface area contributed by atoms with Crippen molar-refractivity contribution in [2.75, 3.05) is 38.6 Å². The number of H-pyrrole nitrogens is 1. The molecule has 1 aromatic heterocycles. The molecule has 9 heteroatoms. The molecule has 2 aliphatic heterocycles. The highest BCUT2D eigenvalue weighted by Gasteiger charge is 2.27. The van der Waals surface area contributed by atoms with Crippen LogP contribution in [-0.2, 0) is 4.79 Å². The van der Waals surface area contributed by atoms with Gasteiger partial charge in [0.2, 0.25) is 0 Å². The third-order valence-corrected chi connectivity index (χ3v) is 7.91. The van der Waals surface area contributed by atoms with Crippen LogP contribution in [0.15, 0.2) is 42.5 Å². The fourth-order valence-electron chi connectivity index (χ4n) is 5.57. The predicted molar refractivity (Wildman–Crippen MR) is 160 cm³/mol. The highest BCUT2D eigenvalue weighted by molar-refractivity contribution is 6.35. The van der Waals surface area contributed by atoms with Crippen LogP contribution >= 0.6 is 0 Å². The summed E-state index contributed by atoms with van der Waals surface area (Å²) < 4.78 is 5.30. The number of likely N-dealkylation sites (tertiary alicyclic amines) is 1. The average Bonchev–Trinajstić information content (AvgIpc) is 3.66. The Kier molecular flexibility index (Phi) is 8.26. The first-order valence-corrected chi connectivity index (χ1v) is 14.1. The molecule has 5 rings (SSSR count). The van der Waals surface area contributed by atoms with Crippen molar-refractivity contribution in [1.29, 1.82) is 0 Å². The molecule has 0 saturated carbocycles. The van der Waals surface area contributed by atoms with E-state index < -0.39 is 0 Å². The second-order valence-corrected chi connectivity index (χ2v) is 10.7. The molecule has 1 atom stereocenters. The van der Waals surface area contributed by atoms with E-state index in [4.69, 9.17) is 4.74 Å². The van der Waals surface area contributed by atoms with Crippen LogP contribution in [0.3, 0.4) is 0 Å². The molecule has 2 aliphatic rings. The van der Waals surface area contributed by atoms with E-state index in [2.05, 4.69) is 25.8 Å². The zero-order chi connectivity index (χ0) is 29.1. The Bertz CT molecular complexity index is 1520. The van der Waals surface area contributed by atoms with Crippen molar-refractivity contribution in [1.82, 2.24) is 20.5 Å². The molecular weight excluding hydrogens is 518 g/mol. The van der Waals surface area contributed by atoms with Gasteiger partial charge >= 0.3 is 0 Å². The lowest BCUT2D eigenvalue weighted by atomic mass is 10.0. The summed E-state index contributed by atoms with van der Waals surface area (Å²) in [5.41, 5.74) is 5.87. The van der Waals surface area contributed by atoms with Crippen LogP contribution in [-0.4, -0.2) is 60.9 Å². The van der Waals surface area contributed by atoms with E-state index in [0.29, 0.717) is 40.2 Å². The SMILES string of the molecule is COc1cccc([C@H](C)NC(=O)c2ccc3c(c2)/C(=C/c2[nH]c(C)c(C(=O)NCCN4CCCC4)c2C)C(=O)N3)c1. The van der Waals surface area contributed by atoms with Crippen LogP contribution in [0.25, 0.3) is 11.6 Å². The summed E-state index contributed by atoms with van der Waals surface area (Å²) in [5, 5.41) is 8.95. The Morgan fingerprint density at radius 2 is 1.88 bits per heavy atom. The van der Waals surface area contributed by atoms with Crippen LogP contribution < -0.4 is 20.7 Å². The van der Waals surface area contributed by atoms with Gasteiger partial charge in [-0.3, -0.25) is 14.4 Å². The number of nitrogens with zero attached hydrogens (tertiary/aromatic N) is 1. The van der Waals surface area contributed by atoms with E-state index in [1.54, 1.807) is 31.4 Å². The largest absolute Gasteiger partial charge is 0.497 e. The molecule has 1 fully saturated rings. The molecule has 3 heterocycles. The van der Waals surface area contributed by atoms with Crippen molar-refractivity contribution in [3.05, 3.63) is 81.7 Å². The zero-order valence-electron chi connectivity index (χ0n) is 24.0. The standard InChI is InChI=1S/C32H37N5O4/c1-19-28(34-21(3)29(19)32(40)33-12-15-37-13-5-6-14-37)18-26-25-17-23(10-11-27(25)36-31(26)39)30(38)35-20(2)22-8-7-9-24(16-22)41-4/h7-11,16-18,20,34H,5-6,12-15H2,1-4H3,(H,33,40)(H,35,38)(H,36,39)/b26-18-/t20-/m0/s1. The number of anilines is 1. The number of ether oxygens (including phenoxy) is 1. The minimum Gasteiger partial charge on any atom is -0.497 e. The first kappa shape index (κ1) is 28.2. The second-order valence-electron chi connectivity index (χ2n) is 10.7. The molecule has 41 heavy (non-hydrogen) atoms. The molecule has 3 aromatic rings. The van der Waals surface area contributed by atoms with Crippen LogP contribution in [0.1, 0.15) is 74.6 Å². The van der Waals surface area contributed by atoms with Crippen molar-refractivity contribution in [2.45, 2.75) is 39.7 Å². The Hall–Kier alpha value is -4.37. The number of carbonyl (C=O) groups is 3. The van der Waals surface area contributed by atoms with E-state index in [-0.39, 0.29) is 23.8 Å². The normalized spacial score (nSPS) is 16.4. The number of carbonyl (C=O) groups excluding carboxylic acids is 3. The van der Waals surface area contributed by atoms with Crippen LogP contribution in [0.2, 0.25) is 0 Å². The van der Waals surface area contributed by atoms with Gasteiger partial charge in [-0.05, 0) is 94.2 Å². The molecule has 1 saturated heterocycles. The number of hydrogen-bond donors (Lipinski definition) is 4. The van der Waals surface area contributed by atoms with Crippen LogP contribution in [0, 0.1) is 13.8 Å². The number of fused-ring (bicyclic) bond motifs is 1. The molecule has 2 aromatic carbocycles. The van der Waals surface area contributed by atoms with Crippen molar-refractivity contribution in [3.8, 4) is 5.75 Å². The molecule has 0 unspecified atom stereocenters. The number of amides is 3. The number of aromatic nitrogens is 1. The second kappa shape index (κ2) is 12.0. The van der Waals surface area contributed by atoms with Gasteiger partial charge in [0.25, 0.3) is 17.7 Å². The van der Waals surface area contributed by atoms with Gasteiger partial charge in [0.15, 0.2) is 0 Å².